The van der Waals surface area contributed by atoms with E-state index in [0.717, 1.165) is 6.42 Å². The fourth-order valence-corrected chi connectivity index (χ4v) is 2.03. The second-order valence-electron chi connectivity index (χ2n) is 3.89. The van der Waals surface area contributed by atoms with Crippen molar-refractivity contribution in [3.63, 3.8) is 0 Å². The lowest BCUT2D eigenvalue weighted by Crippen LogP contribution is -2.22. The second kappa shape index (κ2) is 5.36. The Morgan fingerprint density at radius 2 is 2.17 bits per heavy atom. The molecule has 0 spiro atoms. The predicted octanol–water partition coefficient (Wildman–Crippen LogP) is 3.55. The Morgan fingerprint density at radius 1 is 1.39 bits per heavy atom. The van der Waals surface area contributed by atoms with Crippen molar-refractivity contribution in [2.24, 2.45) is 0 Å². The zero-order valence-corrected chi connectivity index (χ0v) is 10.8. The molecule has 0 aliphatic carbocycles. The lowest BCUT2D eigenvalue weighted by molar-refractivity contribution is -0.274. The molecule has 1 aliphatic rings. The van der Waals surface area contributed by atoms with Gasteiger partial charge in [-0.15, -0.1) is 13.2 Å². The van der Waals surface area contributed by atoms with Gasteiger partial charge in [-0.1, -0.05) is 15.9 Å². The molecule has 1 aromatic carbocycles. The van der Waals surface area contributed by atoms with Gasteiger partial charge in [0.25, 0.3) is 0 Å². The smallest absolute Gasteiger partial charge is 0.404 e. The van der Waals surface area contributed by atoms with E-state index in [-0.39, 0.29) is 11.8 Å². The molecule has 0 radical (unpaired) electrons. The first kappa shape index (κ1) is 13.5. The molecule has 0 bridgehead atoms. The maximum atomic E-state index is 12.3. The van der Waals surface area contributed by atoms with Crippen LogP contribution in [0.5, 0.6) is 5.75 Å². The third-order valence-corrected chi connectivity index (χ3v) is 2.95. The lowest BCUT2D eigenvalue weighted by atomic mass is 10.2. The van der Waals surface area contributed by atoms with E-state index in [2.05, 4.69) is 26.0 Å². The van der Waals surface area contributed by atoms with Gasteiger partial charge in [-0.05, 0) is 24.6 Å². The molecular weight excluding hydrogens is 315 g/mol. The summed E-state index contributed by atoms with van der Waals surface area (Å²) in [6, 6.07) is 4.50. The predicted molar refractivity (Wildman–Crippen MR) is 63.7 cm³/mol. The molecule has 1 atom stereocenters. The SMILES string of the molecule is FC(F)(F)Oc1cc(Br)ccc1NC1CCOC1. The number of rotatable bonds is 3. The Morgan fingerprint density at radius 3 is 2.78 bits per heavy atom. The summed E-state index contributed by atoms with van der Waals surface area (Å²) in [4.78, 5) is 0. The molecule has 0 aromatic heterocycles. The summed E-state index contributed by atoms with van der Waals surface area (Å²) in [6.45, 7) is 1.10. The molecule has 2 rings (SSSR count). The van der Waals surface area contributed by atoms with Gasteiger partial charge < -0.3 is 14.8 Å². The van der Waals surface area contributed by atoms with E-state index in [1.54, 1.807) is 12.1 Å². The van der Waals surface area contributed by atoms with Crippen LogP contribution in [0.25, 0.3) is 0 Å². The number of hydrogen-bond donors (Lipinski definition) is 1. The monoisotopic (exact) mass is 325 g/mol. The quantitative estimate of drug-likeness (QED) is 0.921. The molecule has 100 valence electrons. The minimum absolute atomic E-state index is 0.0155. The number of benzene rings is 1. The van der Waals surface area contributed by atoms with Crippen molar-refractivity contribution in [2.45, 2.75) is 18.8 Å². The minimum atomic E-state index is -4.70. The van der Waals surface area contributed by atoms with Crippen molar-refractivity contribution >= 4 is 21.6 Å². The first-order chi connectivity index (χ1) is 8.44. The molecule has 1 unspecified atom stereocenters. The van der Waals surface area contributed by atoms with E-state index in [4.69, 9.17) is 4.74 Å². The Hall–Kier alpha value is -0.950. The summed E-state index contributed by atoms with van der Waals surface area (Å²) in [5.74, 6) is -0.247. The highest BCUT2D eigenvalue weighted by Gasteiger charge is 2.32. The largest absolute Gasteiger partial charge is 0.573 e. The summed E-state index contributed by atoms with van der Waals surface area (Å²) in [5, 5.41) is 2.99. The van der Waals surface area contributed by atoms with Crippen LogP contribution in [0.2, 0.25) is 0 Å². The maximum Gasteiger partial charge on any atom is 0.573 e. The van der Waals surface area contributed by atoms with E-state index in [0.29, 0.717) is 23.4 Å². The van der Waals surface area contributed by atoms with E-state index in [9.17, 15) is 13.2 Å². The zero-order chi connectivity index (χ0) is 13.2. The maximum absolute atomic E-state index is 12.3. The van der Waals surface area contributed by atoms with Crippen molar-refractivity contribution < 1.29 is 22.6 Å². The number of ether oxygens (including phenoxy) is 2. The Balaban J connectivity index is 2.16. The fourth-order valence-electron chi connectivity index (χ4n) is 1.69. The molecule has 1 N–H and O–H groups in total. The van der Waals surface area contributed by atoms with E-state index in [1.165, 1.54) is 6.07 Å². The minimum Gasteiger partial charge on any atom is -0.404 e. The van der Waals surface area contributed by atoms with Crippen LogP contribution in [0, 0.1) is 0 Å². The molecule has 1 aliphatic heterocycles. The molecule has 3 nitrogen and oxygen atoms in total. The van der Waals surface area contributed by atoms with E-state index in [1.807, 2.05) is 0 Å². The first-order valence-corrected chi connectivity index (χ1v) is 6.13. The molecule has 1 aromatic rings. The molecule has 0 amide bonds. The number of nitrogens with one attached hydrogen (secondary N) is 1. The Bertz CT molecular complexity index is 419. The summed E-state index contributed by atoms with van der Waals surface area (Å²) >= 11 is 3.12. The summed E-state index contributed by atoms with van der Waals surface area (Å²) in [7, 11) is 0. The van der Waals surface area contributed by atoms with Crippen molar-refractivity contribution in [1.29, 1.82) is 0 Å². The van der Waals surface area contributed by atoms with E-state index < -0.39 is 6.36 Å². The van der Waals surface area contributed by atoms with Crippen LogP contribution in [0.4, 0.5) is 18.9 Å². The summed E-state index contributed by atoms with van der Waals surface area (Å²) in [5.41, 5.74) is 0.311. The third kappa shape index (κ3) is 3.78. The zero-order valence-electron chi connectivity index (χ0n) is 9.26. The molecule has 1 heterocycles. The molecule has 18 heavy (non-hydrogen) atoms. The highest BCUT2D eigenvalue weighted by atomic mass is 79.9. The molecular formula is C11H11BrF3NO2. The van der Waals surface area contributed by atoms with Crippen LogP contribution in [-0.2, 0) is 4.74 Å². The fraction of sp³-hybridized carbons (Fsp3) is 0.455. The van der Waals surface area contributed by atoms with Crippen LogP contribution >= 0.6 is 15.9 Å². The van der Waals surface area contributed by atoms with Crippen LogP contribution in [0.1, 0.15) is 6.42 Å². The summed E-state index contributed by atoms with van der Waals surface area (Å²) in [6.07, 6.45) is -3.94. The van der Waals surface area contributed by atoms with Gasteiger partial charge in [0.05, 0.1) is 18.3 Å². The molecule has 0 saturated carbocycles. The van der Waals surface area contributed by atoms with Crippen molar-refractivity contribution in [1.82, 2.24) is 0 Å². The molecule has 7 heteroatoms. The van der Waals surface area contributed by atoms with Gasteiger partial charge in [0.15, 0.2) is 5.75 Å². The summed E-state index contributed by atoms with van der Waals surface area (Å²) < 4.78 is 46.5. The highest BCUT2D eigenvalue weighted by molar-refractivity contribution is 9.10. The average molecular weight is 326 g/mol. The average Bonchev–Trinajstić information content (AvgIpc) is 2.72. The first-order valence-electron chi connectivity index (χ1n) is 5.33. The van der Waals surface area contributed by atoms with Gasteiger partial charge in [0, 0.05) is 11.1 Å². The Labute approximate surface area is 110 Å². The van der Waals surface area contributed by atoms with Crippen LogP contribution in [-0.4, -0.2) is 25.6 Å². The highest BCUT2D eigenvalue weighted by Crippen LogP contribution is 2.33. The van der Waals surface area contributed by atoms with Gasteiger partial charge in [0.2, 0.25) is 0 Å². The van der Waals surface area contributed by atoms with Gasteiger partial charge in [-0.2, -0.15) is 0 Å². The van der Waals surface area contributed by atoms with Crippen LogP contribution in [0.3, 0.4) is 0 Å². The van der Waals surface area contributed by atoms with Gasteiger partial charge in [0.1, 0.15) is 0 Å². The van der Waals surface area contributed by atoms with E-state index >= 15 is 0 Å². The topological polar surface area (TPSA) is 30.5 Å². The molecule has 1 fully saturated rings. The standard InChI is InChI=1S/C11H11BrF3NO2/c12-7-1-2-9(16-8-3-4-17-6-8)10(5-7)18-11(13,14)15/h1-2,5,8,16H,3-4,6H2. The number of halogens is 4. The Kier molecular flexibility index (Phi) is 4.01. The lowest BCUT2D eigenvalue weighted by Gasteiger charge is -2.17. The normalized spacial score (nSPS) is 19.9. The van der Waals surface area contributed by atoms with Crippen molar-refractivity contribution in [3.05, 3.63) is 22.7 Å². The number of alkyl halides is 3. The molecule has 1 saturated heterocycles. The van der Waals surface area contributed by atoms with Gasteiger partial charge >= 0.3 is 6.36 Å². The van der Waals surface area contributed by atoms with Crippen LogP contribution < -0.4 is 10.1 Å². The van der Waals surface area contributed by atoms with Crippen molar-refractivity contribution in [2.75, 3.05) is 18.5 Å². The number of anilines is 1. The van der Waals surface area contributed by atoms with Gasteiger partial charge in [-0.3, -0.25) is 0 Å². The van der Waals surface area contributed by atoms with Crippen molar-refractivity contribution in [3.8, 4) is 5.75 Å². The third-order valence-electron chi connectivity index (χ3n) is 2.46. The van der Waals surface area contributed by atoms with Crippen LogP contribution in [0.15, 0.2) is 22.7 Å². The second-order valence-corrected chi connectivity index (χ2v) is 4.81. The number of hydrogen-bond acceptors (Lipinski definition) is 3. The van der Waals surface area contributed by atoms with Gasteiger partial charge in [-0.25, -0.2) is 0 Å².